The van der Waals surface area contributed by atoms with E-state index in [1.165, 1.54) is 0 Å². The Morgan fingerprint density at radius 2 is 1.90 bits per heavy atom. The van der Waals surface area contributed by atoms with Crippen molar-refractivity contribution in [3.05, 3.63) is 74.6 Å². The standard InChI is InChI=1S/C30H35ClIN3O4/c1-19(2)15-35(29(38)30(3,4)5)25-14-20(10-11-26(25)39-6)21(18-36)16-34-13-12-22(17-34)33-28(37)27-23(31)8-7-9-24(27)32/h7-14,17-19,21H,15-16H2,1-6H3,(H,33,37). The highest BCUT2D eigenvalue weighted by atomic mass is 127. The van der Waals surface area contributed by atoms with Crippen molar-refractivity contribution in [3.63, 3.8) is 0 Å². The summed E-state index contributed by atoms with van der Waals surface area (Å²) in [5.74, 6) is -0.00631. The zero-order valence-corrected chi connectivity index (χ0v) is 26.0. The molecule has 208 valence electrons. The number of benzene rings is 2. The van der Waals surface area contributed by atoms with Gasteiger partial charge in [0.2, 0.25) is 5.91 Å². The fourth-order valence-electron chi connectivity index (χ4n) is 4.20. The summed E-state index contributed by atoms with van der Waals surface area (Å²) in [6.45, 7) is 10.7. The Morgan fingerprint density at radius 3 is 2.49 bits per heavy atom. The number of carbonyl (C=O) groups is 3. The van der Waals surface area contributed by atoms with Gasteiger partial charge in [-0.2, -0.15) is 0 Å². The van der Waals surface area contributed by atoms with E-state index < -0.39 is 11.3 Å². The van der Waals surface area contributed by atoms with Gasteiger partial charge in [0.1, 0.15) is 12.0 Å². The van der Waals surface area contributed by atoms with Gasteiger partial charge in [0.25, 0.3) is 5.91 Å². The van der Waals surface area contributed by atoms with Gasteiger partial charge in [-0.25, -0.2) is 0 Å². The number of nitrogens with one attached hydrogen (secondary N) is 1. The summed E-state index contributed by atoms with van der Waals surface area (Å²) in [5.41, 5.74) is 1.83. The Bertz CT molecular complexity index is 1330. The quantitative estimate of drug-likeness (QED) is 0.187. The summed E-state index contributed by atoms with van der Waals surface area (Å²) in [6.07, 6.45) is 4.48. The number of halogens is 2. The Hall–Kier alpha value is -2.85. The molecule has 0 bridgehead atoms. The molecule has 9 heteroatoms. The van der Waals surface area contributed by atoms with E-state index in [0.717, 1.165) is 15.4 Å². The Labute approximate surface area is 249 Å². The Kier molecular flexibility index (Phi) is 10.2. The lowest BCUT2D eigenvalue weighted by Gasteiger charge is -2.32. The largest absolute Gasteiger partial charge is 0.495 e. The van der Waals surface area contributed by atoms with E-state index in [-0.39, 0.29) is 17.7 Å². The molecule has 0 fully saturated rings. The maximum absolute atomic E-state index is 13.4. The van der Waals surface area contributed by atoms with E-state index >= 15 is 0 Å². The van der Waals surface area contributed by atoms with Crippen LogP contribution < -0.4 is 15.0 Å². The first-order valence-corrected chi connectivity index (χ1v) is 14.2. The van der Waals surface area contributed by atoms with Crippen LogP contribution in [0, 0.1) is 14.9 Å². The maximum atomic E-state index is 13.4. The van der Waals surface area contributed by atoms with E-state index in [1.807, 2.05) is 49.7 Å². The number of hydrogen-bond donors (Lipinski definition) is 1. The third kappa shape index (κ3) is 7.63. The van der Waals surface area contributed by atoms with Crippen LogP contribution in [0.15, 0.2) is 54.9 Å². The van der Waals surface area contributed by atoms with Gasteiger partial charge in [0.15, 0.2) is 0 Å². The average molecular weight is 664 g/mol. The molecule has 0 aliphatic heterocycles. The van der Waals surface area contributed by atoms with Crippen molar-refractivity contribution in [2.45, 2.75) is 47.1 Å². The summed E-state index contributed by atoms with van der Waals surface area (Å²) in [7, 11) is 1.57. The highest BCUT2D eigenvalue weighted by Gasteiger charge is 2.31. The second kappa shape index (κ2) is 13.0. The zero-order valence-electron chi connectivity index (χ0n) is 23.1. The van der Waals surface area contributed by atoms with Crippen LogP contribution >= 0.6 is 34.2 Å². The molecule has 0 saturated heterocycles. The molecule has 0 radical (unpaired) electrons. The molecule has 0 saturated carbocycles. The molecule has 1 atom stereocenters. The predicted octanol–water partition coefficient (Wildman–Crippen LogP) is 7.02. The van der Waals surface area contributed by atoms with Crippen molar-refractivity contribution in [2.24, 2.45) is 11.3 Å². The molecule has 0 aliphatic carbocycles. The van der Waals surface area contributed by atoms with E-state index in [1.54, 1.807) is 42.5 Å². The molecule has 2 aromatic carbocycles. The van der Waals surface area contributed by atoms with Crippen molar-refractivity contribution >= 4 is 63.7 Å². The predicted molar refractivity (Wildman–Crippen MR) is 165 cm³/mol. The molecule has 0 spiro atoms. The van der Waals surface area contributed by atoms with Crippen LogP contribution in [-0.4, -0.2) is 36.3 Å². The molecule has 1 N–H and O–H groups in total. The first-order chi connectivity index (χ1) is 18.3. The number of methoxy groups -OCH3 is 1. The van der Waals surface area contributed by atoms with Gasteiger partial charge in [0, 0.05) is 34.5 Å². The minimum Gasteiger partial charge on any atom is -0.495 e. The molecule has 7 nitrogen and oxygen atoms in total. The highest BCUT2D eigenvalue weighted by Crippen LogP contribution is 2.35. The maximum Gasteiger partial charge on any atom is 0.258 e. The molecule has 1 aromatic heterocycles. The lowest BCUT2D eigenvalue weighted by molar-refractivity contribution is -0.125. The minimum atomic E-state index is -0.589. The number of ether oxygens (including phenoxy) is 1. The number of nitrogens with zero attached hydrogens (tertiary/aromatic N) is 2. The fraction of sp³-hybridized carbons (Fsp3) is 0.367. The molecular weight excluding hydrogens is 629 g/mol. The summed E-state index contributed by atoms with van der Waals surface area (Å²) in [6, 6.07) is 12.6. The SMILES string of the molecule is COc1ccc(C(C=O)Cn2ccc(NC(=O)c3c(Cl)cccc3I)c2)cc1N(CC(C)C)C(=O)C(C)(C)C. The van der Waals surface area contributed by atoms with Gasteiger partial charge in [-0.15, -0.1) is 0 Å². The third-order valence-electron chi connectivity index (χ3n) is 6.13. The van der Waals surface area contributed by atoms with Crippen LogP contribution in [-0.2, 0) is 16.1 Å². The molecule has 1 heterocycles. The first kappa shape index (κ1) is 30.7. The van der Waals surface area contributed by atoms with Crippen LogP contribution in [0.1, 0.15) is 56.5 Å². The van der Waals surface area contributed by atoms with Crippen molar-refractivity contribution in [1.29, 1.82) is 0 Å². The molecule has 3 aromatic rings. The number of aldehydes is 1. The Morgan fingerprint density at radius 1 is 1.18 bits per heavy atom. The minimum absolute atomic E-state index is 0.0201. The highest BCUT2D eigenvalue weighted by molar-refractivity contribution is 14.1. The van der Waals surface area contributed by atoms with Crippen LogP contribution in [0.3, 0.4) is 0 Å². The second-order valence-corrected chi connectivity index (χ2v) is 12.5. The summed E-state index contributed by atoms with van der Waals surface area (Å²) in [5, 5.41) is 3.26. The number of carbonyl (C=O) groups excluding carboxylic acids is 3. The van der Waals surface area contributed by atoms with Gasteiger partial charge < -0.3 is 24.3 Å². The average Bonchev–Trinajstić information content (AvgIpc) is 3.31. The van der Waals surface area contributed by atoms with Crippen LogP contribution in [0.4, 0.5) is 11.4 Å². The van der Waals surface area contributed by atoms with E-state index in [0.29, 0.717) is 40.8 Å². The Balaban J connectivity index is 1.87. The van der Waals surface area contributed by atoms with Crippen molar-refractivity contribution in [3.8, 4) is 5.75 Å². The number of amides is 2. The number of anilines is 2. The summed E-state index contributed by atoms with van der Waals surface area (Å²) < 4.78 is 8.22. The molecule has 39 heavy (non-hydrogen) atoms. The monoisotopic (exact) mass is 663 g/mol. The van der Waals surface area contributed by atoms with Gasteiger partial charge in [-0.1, -0.05) is 58.4 Å². The van der Waals surface area contributed by atoms with Crippen molar-refractivity contribution in [1.82, 2.24) is 4.57 Å². The fourth-order valence-corrected chi connectivity index (χ4v) is 5.36. The van der Waals surface area contributed by atoms with Gasteiger partial charge in [-0.05, 0) is 64.4 Å². The molecule has 3 rings (SSSR count). The van der Waals surface area contributed by atoms with Crippen molar-refractivity contribution in [2.75, 3.05) is 23.9 Å². The smallest absolute Gasteiger partial charge is 0.258 e. The van der Waals surface area contributed by atoms with Crippen LogP contribution in [0.5, 0.6) is 5.75 Å². The summed E-state index contributed by atoms with van der Waals surface area (Å²) >= 11 is 8.32. The lowest BCUT2D eigenvalue weighted by Crippen LogP contribution is -2.42. The normalized spacial score (nSPS) is 12.2. The molecule has 2 amide bonds. The van der Waals surface area contributed by atoms with Crippen LogP contribution in [0.25, 0.3) is 0 Å². The van der Waals surface area contributed by atoms with E-state index in [2.05, 4.69) is 41.8 Å². The van der Waals surface area contributed by atoms with Crippen molar-refractivity contribution < 1.29 is 19.1 Å². The van der Waals surface area contributed by atoms with E-state index in [9.17, 15) is 14.4 Å². The summed E-state index contributed by atoms with van der Waals surface area (Å²) in [4.78, 5) is 40.2. The topological polar surface area (TPSA) is 80.6 Å². The van der Waals surface area contributed by atoms with Gasteiger partial charge in [0.05, 0.1) is 35.0 Å². The zero-order chi connectivity index (χ0) is 28.9. The molecular formula is C30H35ClIN3O4. The van der Waals surface area contributed by atoms with Crippen LogP contribution in [0.2, 0.25) is 5.02 Å². The third-order valence-corrected chi connectivity index (χ3v) is 7.34. The second-order valence-electron chi connectivity index (χ2n) is 10.9. The van der Waals surface area contributed by atoms with E-state index in [4.69, 9.17) is 16.3 Å². The molecule has 1 unspecified atom stereocenters. The lowest BCUT2D eigenvalue weighted by atomic mass is 9.93. The number of aromatic nitrogens is 1. The van der Waals surface area contributed by atoms with Gasteiger partial charge in [-0.3, -0.25) is 9.59 Å². The first-order valence-electron chi connectivity index (χ1n) is 12.7. The number of hydrogen-bond acceptors (Lipinski definition) is 4. The molecule has 0 aliphatic rings. The van der Waals surface area contributed by atoms with Gasteiger partial charge >= 0.3 is 0 Å². The number of rotatable bonds is 10.